The molecule has 4 heteroatoms. The van der Waals surface area contributed by atoms with E-state index in [0.29, 0.717) is 0 Å². The van der Waals surface area contributed by atoms with Gasteiger partial charge in [0.1, 0.15) is 11.6 Å². The van der Waals surface area contributed by atoms with Crippen LogP contribution in [0.4, 0.5) is 0 Å². The number of aromatic amines is 1. The van der Waals surface area contributed by atoms with Crippen LogP contribution >= 0.6 is 0 Å². The average molecular weight is 261 g/mol. The van der Waals surface area contributed by atoms with Crippen LogP contribution in [0, 0.1) is 0 Å². The molecule has 0 saturated heterocycles. The van der Waals surface area contributed by atoms with E-state index in [4.69, 9.17) is 0 Å². The van der Waals surface area contributed by atoms with Crippen molar-refractivity contribution in [2.75, 3.05) is 13.1 Å². The van der Waals surface area contributed by atoms with Gasteiger partial charge >= 0.3 is 0 Å². The predicted octanol–water partition coefficient (Wildman–Crippen LogP) is 2.98. The van der Waals surface area contributed by atoms with E-state index in [2.05, 4.69) is 22.2 Å². The monoisotopic (exact) mass is 261 g/mol. The first-order valence-corrected chi connectivity index (χ1v) is 7.18. The molecule has 0 amide bonds. The molecule has 3 N–H and O–H groups in total. The smallest absolute Gasteiger partial charge is 0.117 e. The minimum absolute atomic E-state index is 0.275. The maximum Gasteiger partial charge on any atom is 0.117 e. The third-order valence-electron chi connectivity index (χ3n) is 3.26. The SMILES string of the molecule is CCCCCCNCCc1nc2ccc(O)cc2[nH]1. The second-order valence-electron chi connectivity index (χ2n) is 4.95. The zero-order valence-corrected chi connectivity index (χ0v) is 11.6. The van der Waals surface area contributed by atoms with Gasteiger partial charge in [-0.3, -0.25) is 0 Å². The van der Waals surface area contributed by atoms with Gasteiger partial charge in [-0.2, -0.15) is 0 Å². The average Bonchev–Trinajstić information content (AvgIpc) is 2.79. The molecule has 0 atom stereocenters. The molecular formula is C15H23N3O. The summed E-state index contributed by atoms with van der Waals surface area (Å²) in [6, 6.07) is 5.21. The molecule has 0 aliphatic heterocycles. The largest absolute Gasteiger partial charge is 0.508 e. The molecule has 2 rings (SSSR count). The van der Waals surface area contributed by atoms with Gasteiger partial charge in [-0.1, -0.05) is 26.2 Å². The zero-order chi connectivity index (χ0) is 13.5. The van der Waals surface area contributed by atoms with Crippen molar-refractivity contribution in [3.05, 3.63) is 24.0 Å². The number of H-pyrrole nitrogens is 1. The number of hydrogen-bond acceptors (Lipinski definition) is 3. The van der Waals surface area contributed by atoms with E-state index < -0.39 is 0 Å². The molecule has 1 aromatic carbocycles. The van der Waals surface area contributed by atoms with Gasteiger partial charge in [-0.05, 0) is 25.1 Å². The lowest BCUT2D eigenvalue weighted by Crippen LogP contribution is -2.18. The van der Waals surface area contributed by atoms with Gasteiger partial charge in [-0.25, -0.2) is 4.98 Å². The molecule has 4 nitrogen and oxygen atoms in total. The molecule has 19 heavy (non-hydrogen) atoms. The number of nitrogens with zero attached hydrogens (tertiary/aromatic N) is 1. The molecule has 2 aromatic rings. The second-order valence-corrected chi connectivity index (χ2v) is 4.95. The van der Waals surface area contributed by atoms with Crippen LogP contribution in [0.25, 0.3) is 11.0 Å². The Morgan fingerprint density at radius 1 is 1.21 bits per heavy atom. The number of benzene rings is 1. The quantitative estimate of drug-likeness (QED) is 0.640. The Morgan fingerprint density at radius 3 is 2.95 bits per heavy atom. The van der Waals surface area contributed by atoms with Crippen molar-refractivity contribution in [1.29, 1.82) is 0 Å². The molecule has 1 heterocycles. The Morgan fingerprint density at radius 2 is 2.11 bits per heavy atom. The zero-order valence-electron chi connectivity index (χ0n) is 11.6. The minimum Gasteiger partial charge on any atom is -0.508 e. The van der Waals surface area contributed by atoms with Gasteiger partial charge in [0.25, 0.3) is 0 Å². The van der Waals surface area contributed by atoms with Crippen molar-refractivity contribution in [2.24, 2.45) is 0 Å². The van der Waals surface area contributed by atoms with Crippen molar-refractivity contribution in [3.8, 4) is 5.75 Å². The molecule has 104 valence electrons. The summed E-state index contributed by atoms with van der Waals surface area (Å²) < 4.78 is 0. The van der Waals surface area contributed by atoms with Crippen LogP contribution < -0.4 is 5.32 Å². The summed E-state index contributed by atoms with van der Waals surface area (Å²) in [4.78, 5) is 7.73. The normalized spacial score (nSPS) is 11.2. The first-order valence-electron chi connectivity index (χ1n) is 7.18. The maximum absolute atomic E-state index is 9.40. The summed E-state index contributed by atoms with van der Waals surface area (Å²) in [7, 11) is 0. The van der Waals surface area contributed by atoms with Crippen LogP contribution in [-0.2, 0) is 6.42 Å². The molecule has 0 aliphatic rings. The van der Waals surface area contributed by atoms with Crippen molar-refractivity contribution in [2.45, 2.75) is 39.0 Å². The van der Waals surface area contributed by atoms with Crippen molar-refractivity contribution >= 4 is 11.0 Å². The Hall–Kier alpha value is -1.55. The Bertz CT molecular complexity index is 507. The highest BCUT2D eigenvalue weighted by molar-refractivity contribution is 5.76. The third kappa shape index (κ3) is 4.24. The molecule has 0 bridgehead atoms. The van der Waals surface area contributed by atoms with E-state index in [1.165, 1.54) is 25.7 Å². The number of nitrogens with one attached hydrogen (secondary N) is 2. The van der Waals surface area contributed by atoms with Crippen LogP contribution in [0.1, 0.15) is 38.4 Å². The Labute approximate surface area is 114 Å². The molecule has 0 aliphatic carbocycles. The molecule has 1 aromatic heterocycles. The molecular weight excluding hydrogens is 238 g/mol. The van der Waals surface area contributed by atoms with Crippen LogP contribution in [0.2, 0.25) is 0 Å². The van der Waals surface area contributed by atoms with Crippen molar-refractivity contribution < 1.29 is 5.11 Å². The fourth-order valence-corrected chi connectivity index (χ4v) is 2.18. The highest BCUT2D eigenvalue weighted by Crippen LogP contribution is 2.17. The lowest BCUT2D eigenvalue weighted by Gasteiger charge is -2.02. The molecule has 0 unspecified atom stereocenters. The molecule has 0 saturated carbocycles. The van der Waals surface area contributed by atoms with Gasteiger partial charge in [0.15, 0.2) is 0 Å². The molecule has 0 fully saturated rings. The van der Waals surface area contributed by atoms with Crippen LogP contribution in [-0.4, -0.2) is 28.2 Å². The third-order valence-corrected chi connectivity index (χ3v) is 3.26. The van der Waals surface area contributed by atoms with Crippen LogP contribution in [0.3, 0.4) is 0 Å². The summed E-state index contributed by atoms with van der Waals surface area (Å²) in [6.07, 6.45) is 6.07. The van der Waals surface area contributed by atoms with Crippen LogP contribution in [0.15, 0.2) is 18.2 Å². The van der Waals surface area contributed by atoms with E-state index in [-0.39, 0.29) is 5.75 Å². The topological polar surface area (TPSA) is 60.9 Å². The number of imidazole rings is 1. The first kappa shape index (κ1) is 13.9. The van der Waals surface area contributed by atoms with Gasteiger partial charge in [-0.15, -0.1) is 0 Å². The Kier molecular flexibility index (Phi) is 5.21. The van der Waals surface area contributed by atoms with Gasteiger partial charge < -0.3 is 15.4 Å². The highest BCUT2D eigenvalue weighted by atomic mass is 16.3. The fraction of sp³-hybridized carbons (Fsp3) is 0.533. The standard InChI is InChI=1S/C15H23N3O/c1-2-3-4-5-9-16-10-8-15-17-13-7-6-12(19)11-14(13)18-15/h6-7,11,16,19H,2-5,8-10H2,1H3,(H,17,18). The number of hydrogen-bond donors (Lipinski definition) is 3. The van der Waals surface area contributed by atoms with E-state index >= 15 is 0 Å². The number of phenolic OH excluding ortho intramolecular Hbond substituents is 1. The number of aromatic hydroxyl groups is 1. The summed E-state index contributed by atoms with van der Waals surface area (Å²) >= 11 is 0. The highest BCUT2D eigenvalue weighted by Gasteiger charge is 2.02. The lowest BCUT2D eigenvalue weighted by atomic mass is 10.2. The number of fused-ring (bicyclic) bond motifs is 1. The van der Waals surface area contributed by atoms with Crippen molar-refractivity contribution in [3.63, 3.8) is 0 Å². The Balaban J connectivity index is 1.72. The second kappa shape index (κ2) is 7.14. The minimum atomic E-state index is 0.275. The number of rotatable bonds is 8. The summed E-state index contributed by atoms with van der Waals surface area (Å²) in [5.41, 5.74) is 1.81. The fourth-order valence-electron chi connectivity index (χ4n) is 2.18. The number of phenols is 1. The van der Waals surface area contributed by atoms with E-state index in [0.717, 1.165) is 36.4 Å². The maximum atomic E-state index is 9.40. The van der Waals surface area contributed by atoms with E-state index in [9.17, 15) is 5.11 Å². The van der Waals surface area contributed by atoms with E-state index in [1.54, 1.807) is 12.1 Å². The van der Waals surface area contributed by atoms with E-state index in [1.807, 2.05) is 6.07 Å². The first-order chi connectivity index (χ1) is 9.29. The van der Waals surface area contributed by atoms with Gasteiger partial charge in [0, 0.05) is 19.0 Å². The summed E-state index contributed by atoms with van der Waals surface area (Å²) in [6.45, 7) is 4.26. The van der Waals surface area contributed by atoms with Crippen molar-refractivity contribution in [1.82, 2.24) is 15.3 Å². The number of aromatic nitrogens is 2. The summed E-state index contributed by atoms with van der Waals surface area (Å²) in [5.74, 6) is 1.25. The number of unbranched alkanes of at least 4 members (excludes halogenated alkanes) is 3. The molecule has 0 spiro atoms. The van der Waals surface area contributed by atoms with Gasteiger partial charge in [0.05, 0.1) is 11.0 Å². The van der Waals surface area contributed by atoms with Gasteiger partial charge in [0.2, 0.25) is 0 Å². The predicted molar refractivity (Wildman–Crippen MR) is 78.5 cm³/mol. The molecule has 0 radical (unpaired) electrons. The summed E-state index contributed by atoms with van der Waals surface area (Å²) in [5, 5.41) is 12.8. The van der Waals surface area contributed by atoms with Crippen LogP contribution in [0.5, 0.6) is 5.75 Å². The lowest BCUT2D eigenvalue weighted by molar-refractivity contribution is 0.476.